The van der Waals surface area contributed by atoms with Gasteiger partial charge < -0.3 is 9.84 Å². The van der Waals surface area contributed by atoms with Gasteiger partial charge in [0.15, 0.2) is 0 Å². The first-order chi connectivity index (χ1) is 8.86. The molecular weight excluding hydrogens is 256 g/mol. The number of halogens is 2. The molecule has 0 unspecified atom stereocenters. The lowest BCUT2D eigenvalue weighted by molar-refractivity contribution is -0.151. The van der Waals surface area contributed by atoms with Crippen molar-refractivity contribution in [3.63, 3.8) is 0 Å². The van der Waals surface area contributed by atoms with E-state index < -0.39 is 12.0 Å². The van der Waals surface area contributed by atoms with E-state index >= 15 is 0 Å². The third kappa shape index (κ3) is 5.40. The monoisotopic (exact) mass is 279 g/mol. The summed E-state index contributed by atoms with van der Waals surface area (Å²) in [4.78, 5) is 13.0. The van der Waals surface area contributed by atoms with Gasteiger partial charge in [-0.3, -0.25) is 9.69 Å². The zero-order valence-electron chi connectivity index (χ0n) is 11.6. The molecule has 0 aromatic heterocycles. The average molecular weight is 279 g/mol. The molecule has 0 spiro atoms. The summed E-state index contributed by atoms with van der Waals surface area (Å²) < 4.78 is 29.4. The number of rotatable bonds is 6. The van der Waals surface area contributed by atoms with Crippen LogP contribution in [0.4, 0.5) is 8.78 Å². The minimum atomic E-state index is -2.40. The molecule has 1 N–H and O–H groups in total. The van der Waals surface area contributed by atoms with Crippen molar-refractivity contribution in [3.8, 4) is 0 Å². The predicted molar refractivity (Wildman–Crippen MR) is 67.0 cm³/mol. The number of hydrogen-bond acceptors (Lipinski definition) is 4. The normalized spacial score (nSPS) is 27.8. The van der Waals surface area contributed by atoms with Gasteiger partial charge in [-0.2, -0.15) is 0 Å². The second-order valence-corrected chi connectivity index (χ2v) is 5.34. The van der Waals surface area contributed by atoms with Crippen molar-refractivity contribution in [2.24, 2.45) is 5.92 Å². The molecule has 0 heterocycles. The summed E-state index contributed by atoms with van der Waals surface area (Å²) in [6.45, 7) is 1.99. The molecule has 1 aliphatic carbocycles. The Morgan fingerprint density at radius 1 is 1.47 bits per heavy atom. The van der Waals surface area contributed by atoms with Gasteiger partial charge in [-0.25, -0.2) is 8.78 Å². The van der Waals surface area contributed by atoms with Crippen LogP contribution in [0.5, 0.6) is 0 Å². The number of nitrogens with zero attached hydrogens (tertiary/aromatic N) is 1. The third-order valence-electron chi connectivity index (χ3n) is 3.55. The largest absolute Gasteiger partial charge is 0.466 e. The Bertz CT molecular complexity index is 292. The Labute approximate surface area is 112 Å². The Hall–Kier alpha value is -0.750. The highest BCUT2D eigenvalue weighted by molar-refractivity contribution is 5.72. The second kappa shape index (κ2) is 7.14. The first kappa shape index (κ1) is 16.3. The van der Waals surface area contributed by atoms with Crippen LogP contribution in [0.3, 0.4) is 0 Å². The van der Waals surface area contributed by atoms with E-state index in [2.05, 4.69) is 0 Å². The molecule has 1 aliphatic rings. The Kier molecular flexibility index (Phi) is 6.13. The van der Waals surface area contributed by atoms with Crippen molar-refractivity contribution < 1.29 is 23.4 Å². The second-order valence-electron chi connectivity index (χ2n) is 5.34. The summed E-state index contributed by atoms with van der Waals surface area (Å²) in [5, 5.41) is 10.3. The number of hydrogen-bond donors (Lipinski definition) is 1. The molecule has 6 heteroatoms. The van der Waals surface area contributed by atoms with E-state index in [4.69, 9.17) is 4.74 Å². The summed E-state index contributed by atoms with van der Waals surface area (Å²) in [6.07, 6.45) is -0.395. The van der Waals surface area contributed by atoms with E-state index in [1.807, 2.05) is 0 Å². The van der Waals surface area contributed by atoms with Crippen LogP contribution < -0.4 is 0 Å². The quantitative estimate of drug-likeness (QED) is 0.751. The highest BCUT2D eigenvalue weighted by Gasteiger charge is 2.37. The van der Waals surface area contributed by atoms with Gasteiger partial charge in [0.2, 0.25) is 0 Å². The molecule has 0 atom stereocenters. The maximum Gasteiger partial charge on any atom is 0.308 e. The minimum absolute atomic E-state index is 0.166. The summed E-state index contributed by atoms with van der Waals surface area (Å²) in [5.74, 6) is -0.383. The van der Waals surface area contributed by atoms with Gasteiger partial charge in [-0.05, 0) is 39.7 Å². The molecule has 0 amide bonds. The fraction of sp³-hybridized carbons (Fsp3) is 0.923. The van der Waals surface area contributed by atoms with Crippen molar-refractivity contribution in [1.82, 2.24) is 4.90 Å². The first-order valence-corrected chi connectivity index (χ1v) is 6.72. The maximum atomic E-state index is 12.2. The summed E-state index contributed by atoms with van der Waals surface area (Å²) in [6, 6.07) is 0. The molecular formula is C13H23F2NO3. The Morgan fingerprint density at radius 2 is 2.05 bits per heavy atom. The Balaban J connectivity index is 2.40. The van der Waals surface area contributed by atoms with E-state index in [1.54, 1.807) is 14.0 Å². The van der Waals surface area contributed by atoms with Crippen LogP contribution in [-0.2, 0) is 9.53 Å². The molecule has 1 saturated carbocycles. The number of likely N-dealkylation sites (N-methyl/N-ethyl adjacent to an activating group) is 1. The summed E-state index contributed by atoms with van der Waals surface area (Å²) in [7, 11) is 1.57. The molecule has 0 radical (unpaired) electrons. The van der Waals surface area contributed by atoms with Crippen molar-refractivity contribution in [1.29, 1.82) is 0 Å². The molecule has 1 fully saturated rings. The lowest BCUT2D eigenvalue weighted by Gasteiger charge is -2.37. The molecule has 112 valence electrons. The number of esters is 1. The molecule has 0 saturated heterocycles. The Morgan fingerprint density at radius 3 is 2.53 bits per heavy atom. The van der Waals surface area contributed by atoms with Crippen LogP contribution >= 0.6 is 0 Å². The minimum Gasteiger partial charge on any atom is -0.466 e. The van der Waals surface area contributed by atoms with Crippen molar-refractivity contribution >= 4 is 5.97 Å². The number of aliphatic hydroxyl groups is 1. The number of carbonyl (C=O) groups excluding carboxylic acids is 1. The molecule has 0 aliphatic heterocycles. The van der Waals surface area contributed by atoms with E-state index in [1.165, 1.54) is 4.90 Å². The van der Waals surface area contributed by atoms with Gasteiger partial charge in [0.1, 0.15) is 0 Å². The fourth-order valence-corrected chi connectivity index (χ4v) is 2.61. The highest BCUT2D eigenvalue weighted by atomic mass is 19.3. The predicted octanol–water partition coefficient (Wildman–Crippen LogP) is 1.67. The molecule has 0 aromatic carbocycles. The zero-order valence-corrected chi connectivity index (χ0v) is 11.6. The van der Waals surface area contributed by atoms with E-state index in [9.17, 15) is 18.7 Å². The van der Waals surface area contributed by atoms with Gasteiger partial charge in [0.05, 0.1) is 24.7 Å². The highest BCUT2D eigenvalue weighted by Crippen LogP contribution is 2.33. The fourth-order valence-electron chi connectivity index (χ4n) is 2.61. The van der Waals surface area contributed by atoms with Crippen molar-refractivity contribution in [2.75, 3.05) is 26.7 Å². The summed E-state index contributed by atoms with van der Waals surface area (Å²) >= 11 is 0. The van der Waals surface area contributed by atoms with E-state index in [0.717, 1.165) is 0 Å². The van der Waals surface area contributed by atoms with Crippen LogP contribution in [0.2, 0.25) is 0 Å². The van der Waals surface area contributed by atoms with Crippen molar-refractivity contribution in [2.45, 2.75) is 44.6 Å². The lowest BCUT2D eigenvalue weighted by Crippen LogP contribution is -2.46. The van der Waals surface area contributed by atoms with Gasteiger partial charge in [0.25, 0.3) is 6.43 Å². The number of alkyl halides is 2. The molecule has 1 rings (SSSR count). The van der Waals surface area contributed by atoms with Crippen LogP contribution in [0.25, 0.3) is 0 Å². The summed E-state index contributed by atoms with van der Waals surface area (Å²) in [5.41, 5.74) is -0.966. The van der Waals surface area contributed by atoms with Crippen LogP contribution in [0.1, 0.15) is 32.6 Å². The van der Waals surface area contributed by atoms with Gasteiger partial charge in [-0.15, -0.1) is 0 Å². The molecule has 0 bridgehead atoms. The topological polar surface area (TPSA) is 49.8 Å². The smallest absolute Gasteiger partial charge is 0.308 e. The van der Waals surface area contributed by atoms with Crippen LogP contribution in [-0.4, -0.2) is 54.7 Å². The van der Waals surface area contributed by atoms with Crippen LogP contribution in [0, 0.1) is 5.92 Å². The molecule has 0 aromatic rings. The average Bonchev–Trinajstić information content (AvgIpc) is 2.28. The van der Waals surface area contributed by atoms with Crippen molar-refractivity contribution in [3.05, 3.63) is 0 Å². The zero-order chi connectivity index (χ0) is 14.5. The van der Waals surface area contributed by atoms with Crippen LogP contribution in [0.15, 0.2) is 0 Å². The van der Waals surface area contributed by atoms with Gasteiger partial charge in [-0.1, -0.05) is 0 Å². The number of ether oxygens (including phenoxy) is 1. The van der Waals surface area contributed by atoms with Gasteiger partial charge >= 0.3 is 5.97 Å². The van der Waals surface area contributed by atoms with Gasteiger partial charge in [0, 0.05) is 6.54 Å². The molecule has 4 nitrogen and oxygen atoms in total. The van der Waals surface area contributed by atoms with E-state index in [0.29, 0.717) is 32.3 Å². The standard InChI is InChI=1S/C13H23F2NO3/c1-3-19-12(17)10-4-6-13(18,7-5-10)9-16(2)8-11(14)15/h10-11,18H,3-9H2,1-2H3. The lowest BCUT2D eigenvalue weighted by atomic mass is 9.78. The number of carbonyl (C=O) groups is 1. The SMILES string of the molecule is CCOC(=O)C1CCC(O)(CN(C)CC(F)F)CC1. The maximum absolute atomic E-state index is 12.2. The molecule has 19 heavy (non-hydrogen) atoms. The van der Waals surface area contributed by atoms with E-state index in [-0.39, 0.29) is 25.0 Å². The third-order valence-corrected chi connectivity index (χ3v) is 3.55. The first-order valence-electron chi connectivity index (χ1n) is 6.72.